The van der Waals surface area contributed by atoms with Gasteiger partial charge in [-0.2, -0.15) is 0 Å². The van der Waals surface area contributed by atoms with Gasteiger partial charge in [-0.05, 0) is 18.2 Å². The summed E-state index contributed by atoms with van der Waals surface area (Å²) in [6, 6.07) is 5.94. The van der Waals surface area contributed by atoms with Gasteiger partial charge in [0.25, 0.3) is 0 Å². The van der Waals surface area contributed by atoms with Crippen LogP contribution < -0.4 is 10.5 Å². The molecular formula is C7H8N2O3S. The largest absolute Gasteiger partial charge is 0.366 e. The summed E-state index contributed by atoms with van der Waals surface area (Å²) in [4.78, 5) is 10.7. The minimum atomic E-state index is -2.71. The van der Waals surface area contributed by atoms with Crippen molar-refractivity contribution in [1.29, 1.82) is 0 Å². The van der Waals surface area contributed by atoms with Crippen molar-refractivity contribution in [3.63, 3.8) is 0 Å². The minimum Gasteiger partial charge on any atom is -0.366 e. The minimum absolute atomic E-state index is 0.266. The van der Waals surface area contributed by atoms with Gasteiger partial charge in [-0.25, -0.2) is 8.42 Å². The fraction of sp³-hybridized carbons (Fsp3) is 0. The number of rotatable bonds is 3. The van der Waals surface area contributed by atoms with Gasteiger partial charge in [0.2, 0.25) is 16.8 Å². The number of thiol groups is 1. The molecule has 0 saturated carbocycles. The molecule has 0 atom stereocenters. The molecule has 1 amide bonds. The van der Waals surface area contributed by atoms with Gasteiger partial charge in [0.15, 0.2) is 0 Å². The quantitative estimate of drug-likeness (QED) is 0.586. The smallest absolute Gasteiger partial charge is 0.248 e. The highest BCUT2D eigenvalue weighted by Crippen LogP contribution is 2.09. The van der Waals surface area contributed by atoms with Crippen LogP contribution in [-0.4, -0.2) is 14.3 Å². The second-order valence-corrected chi connectivity index (χ2v) is 3.05. The SMILES string of the molecule is NC(=O)c1cccc(N[SH](=O)=O)c1. The van der Waals surface area contributed by atoms with Crippen molar-refractivity contribution in [2.75, 3.05) is 4.72 Å². The molecule has 0 aliphatic heterocycles. The predicted molar refractivity (Wildman–Crippen MR) is 48.9 cm³/mol. The number of carbonyl (C=O) groups excluding carboxylic acids is 1. The van der Waals surface area contributed by atoms with E-state index < -0.39 is 16.8 Å². The number of nitrogens with two attached hydrogens (primary N) is 1. The number of anilines is 1. The van der Waals surface area contributed by atoms with Gasteiger partial charge in [-0.15, -0.1) is 0 Å². The predicted octanol–water partition coefficient (Wildman–Crippen LogP) is -0.276. The van der Waals surface area contributed by atoms with Crippen molar-refractivity contribution < 1.29 is 13.2 Å². The third-order valence-corrected chi connectivity index (χ3v) is 1.81. The molecule has 0 spiro atoms. The van der Waals surface area contributed by atoms with Crippen LogP contribution in [0.15, 0.2) is 24.3 Å². The zero-order valence-electron chi connectivity index (χ0n) is 6.56. The molecule has 1 rings (SSSR count). The van der Waals surface area contributed by atoms with Gasteiger partial charge in [0.05, 0.1) is 0 Å². The van der Waals surface area contributed by atoms with Gasteiger partial charge in [-0.1, -0.05) is 6.07 Å². The van der Waals surface area contributed by atoms with Crippen LogP contribution in [0.25, 0.3) is 0 Å². The standard InChI is InChI=1S/C7H8N2O3S/c8-7(10)5-2-1-3-6(4-5)9-13(11)12/h1-4,13H,(H2,8,10)(H,9,11,12). The molecule has 0 aliphatic carbocycles. The molecule has 13 heavy (non-hydrogen) atoms. The fourth-order valence-corrected chi connectivity index (χ4v) is 1.20. The number of primary amides is 1. The topological polar surface area (TPSA) is 89.3 Å². The average molecular weight is 200 g/mol. The number of amides is 1. The van der Waals surface area contributed by atoms with Gasteiger partial charge < -0.3 is 5.73 Å². The molecule has 0 unspecified atom stereocenters. The molecule has 0 bridgehead atoms. The van der Waals surface area contributed by atoms with E-state index in [4.69, 9.17) is 5.73 Å². The number of benzene rings is 1. The van der Waals surface area contributed by atoms with Gasteiger partial charge >= 0.3 is 0 Å². The third kappa shape index (κ3) is 2.75. The summed E-state index contributed by atoms with van der Waals surface area (Å²) in [6.07, 6.45) is 0. The zero-order chi connectivity index (χ0) is 9.84. The van der Waals surface area contributed by atoms with E-state index in [1.807, 2.05) is 0 Å². The van der Waals surface area contributed by atoms with Crippen molar-refractivity contribution in [3.05, 3.63) is 29.8 Å². The summed E-state index contributed by atoms with van der Waals surface area (Å²) in [7, 11) is -2.71. The lowest BCUT2D eigenvalue weighted by Crippen LogP contribution is -2.11. The second-order valence-electron chi connectivity index (χ2n) is 2.31. The van der Waals surface area contributed by atoms with Crippen molar-refractivity contribution >= 4 is 22.5 Å². The average Bonchev–Trinajstić information content (AvgIpc) is 2.03. The number of carbonyl (C=O) groups is 1. The lowest BCUT2D eigenvalue weighted by atomic mass is 10.2. The Morgan fingerprint density at radius 1 is 1.38 bits per heavy atom. The van der Waals surface area contributed by atoms with E-state index in [0.29, 0.717) is 5.69 Å². The van der Waals surface area contributed by atoms with E-state index in [1.54, 1.807) is 6.07 Å². The van der Waals surface area contributed by atoms with Crippen LogP contribution in [0.5, 0.6) is 0 Å². The lowest BCUT2D eigenvalue weighted by Gasteiger charge is -1.99. The van der Waals surface area contributed by atoms with Crippen LogP contribution in [0.4, 0.5) is 5.69 Å². The maximum absolute atomic E-state index is 10.7. The molecule has 3 N–H and O–H groups in total. The summed E-state index contributed by atoms with van der Waals surface area (Å²) < 4.78 is 22.7. The Hall–Kier alpha value is -1.56. The Labute approximate surface area is 76.6 Å². The van der Waals surface area contributed by atoms with Crippen LogP contribution in [0.2, 0.25) is 0 Å². The van der Waals surface area contributed by atoms with Gasteiger partial charge in [0, 0.05) is 11.3 Å². The molecule has 6 heteroatoms. The first kappa shape index (κ1) is 9.53. The lowest BCUT2D eigenvalue weighted by molar-refractivity contribution is 0.100. The van der Waals surface area contributed by atoms with E-state index in [9.17, 15) is 13.2 Å². The monoisotopic (exact) mass is 200 g/mol. The van der Waals surface area contributed by atoms with Gasteiger partial charge in [-0.3, -0.25) is 9.52 Å². The Bertz CT molecular complexity index is 392. The summed E-state index contributed by atoms with van der Waals surface area (Å²) in [6.45, 7) is 0. The van der Waals surface area contributed by atoms with Crippen molar-refractivity contribution in [3.8, 4) is 0 Å². The summed E-state index contributed by atoms with van der Waals surface area (Å²) >= 11 is 0. The Balaban J connectivity index is 2.98. The molecule has 5 nitrogen and oxygen atoms in total. The highest BCUT2D eigenvalue weighted by Gasteiger charge is 2.00. The van der Waals surface area contributed by atoms with E-state index in [1.165, 1.54) is 18.2 Å². The van der Waals surface area contributed by atoms with Crippen LogP contribution in [0.1, 0.15) is 10.4 Å². The fourth-order valence-electron chi connectivity index (χ4n) is 0.847. The van der Waals surface area contributed by atoms with Crippen molar-refractivity contribution in [1.82, 2.24) is 0 Å². The van der Waals surface area contributed by atoms with Crippen LogP contribution in [0.3, 0.4) is 0 Å². The molecule has 0 radical (unpaired) electrons. The van der Waals surface area contributed by atoms with E-state index in [0.717, 1.165) is 0 Å². The van der Waals surface area contributed by atoms with Crippen LogP contribution in [0, 0.1) is 0 Å². The van der Waals surface area contributed by atoms with E-state index >= 15 is 0 Å². The molecule has 0 aromatic heterocycles. The molecule has 0 aliphatic rings. The van der Waals surface area contributed by atoms with Crippen molar-refractivity contribution in [2.45, 2.75) is 0 Å². The normalized spacial score (nSPS) is 9.92. The maximum Gasteiger partial charge on any atom is 0.248 e. The molecule has 70 valence electrons. The Morgan fingerprint density at radius 2 is 2.08 bits per heavy atom. The molecule has 0 fully saturated rings. The molecular weight excluding hydrogens is 192 g/mol. The van der Waals surface area contributed by atoms with Crippen molar-refractivity contribution in [2.24, 2.45) is 5.73 Å². The summed E-state index contributed by atoms with van der Waals surface area (Å²) in [5.41, 5.74) is 5.59. The first-order valence-corrected chi connectivity index (χ1v) is 4.58. The summed E-state index contributed by atoms with van der Waals surface area (Å²) in [5.74, 6) is -0.593. The molecule has 1 aromatic carbocycles. The first-order chi connectivity index (χ1) is 6.09. The summed E-state index contributed by atoms with van der Waals surface area (Å²) in [5, 5.41) is 0. The van der Waals surface area contributed by atoms with Gasteiger partial charge in [0.1, 0.15) is 0 Å². The highest BCUT2D eigenvalue weighted by molar-refractivity contribution is 7.73. The van der Waals surface area contributed by atoms with E-state index in [-0.39, 0.29) is 5.56 Å². The zero-order valence-corrected chi connectivity index (χ0v) is 7.45. The molecule has 0 heterocycles. The molecule has 0 saturated heterocycles. The van der Waals surface area contributed by atoms with Crippen LogP contribution >= 0.6 is 0 Å². The van der Waals surface area contributed by atoms with E-state index in [2.05, 4.69) is 4.72 Å². The Kier molecular flexibility index (Phi) is 2.86. The number of hydrogen-bond acceptors (Lipinski definition) is 3. The third-order valence-electron chi connectivity index (χ3n) is 1.37. The Morgan fingerprint density at radius 3 is 2.62 bits per heavy atom. The second kappa shape index (κ2) is 3.90. The molecule has 1 aromatic rings. The highest BCUT2D eigenvalue weighted by atomic mass is 32.2. The van der Waals surface area contributed by atoms with Crippen LogP contribution in [-0.2, 0) is 10.9 Å². The first-order valence-electron chi connectivity index (χ1n) is 3.40. The maximum atomic E-state index is 10.7. The number of hydrogen-bond donors (Lipinski definition) is 3. The number of nitrogens with one attached hydrogen (secondary N) is 1.